The number of methoxy groups -OCH3 is 1. The van der Waals surface area contributed by atoms with Crippen LogP contribution in [0.2, 0.25) is 0 Å². The average Bonchev–Trinajstić information content (AvgIpc) is 3.10. The third-order valence-corrected chi connectivity index (χ3v) is 5.84. The van der Waals surface area contributed by atoms with Crippen molar-refractivity contribution in [2.45, 2.75) is 17.9 Å². The number of anilines is 1. The third kappa shape index (κ3) is 3.37. The van der Waals surface area contributed by atoms with Crippen molar-refractivity contribution in [1.82, 2.24) is 14.9 Å². The van der Waals surface area contributed by atoms with Gasteiger partial charge in [0, 0.05) is 18.0 Å². The SMILES string of the molecule is COc1ccc(NC(=O)c2ccc3cc4n(c3n2)[C@H](C)CNC4=O)c(S(N)(=O)=O)c1. The van der Waals surface area contributed by atoms with Gasteiger partial charge in [-0.25, -0.2) is 18.5 Å². The standard InChI is InChI=1S/C19H19N5O5S/c1-10-9-21-19(26)15-7-11-3-5-14(22-17(11)24(10)15)18(25)23-13-6-4-12(29-2)8-16(13)30(20,27)28/h3-8,10H,9H2,1-2H3,(H,21,26)(H,23,25)(H2,20,27,28)/t10-/m1/s1. The molecule has 0 saturated heterocycles. The van der Waals surface area contributed by atoms with Gasteiger partial charge in [0.15, 0.2) is 0 Å². The molecule has 1 aliphatic heterocycles. The summed E-state index contributed by atoms with van der Waals surface area (Å²) in [6.07, 6.45) is 0. The molecule has 4 rings (SSSR count). The maximum atomic E-state index is 12.8. The minimum atomic E-state index is -4.11. The van der Waals surface area contributed by atoms with Crippen LogP contribution in [0.5, 0.6) is 5.75 Å². The van der Waals surface area contributed by atoms with Gasteiger partial charge < -0.3 is 19.9 Å². The first-order valence-corrected chi connectivity index (χ1v) is 10.6. The van der Waals surface area contributed by atoms with Gasteiger partial charge in [-0.3, -0.25) is 9.59 Å². The summed E-state index contributed by atoms with van der Waals surface area (Å²) in [5, 5.41) is 11.3. The quantitative estimate of drug-likeness (QED) is 0.569. The highest BCUT2D eigenvalue weighted by Gasteiger charge is 2.26. The van der Waals surface area contributed by atoms with Gasteiger partial charge in [0.05, 0.1) is 18.8 Å². The Kier molecular flexibility index (Phi) is 4.71. The molecule has 30 heavy (non-hydrogen) atoms. The summed E-state index contributed by atoms with van der Waals surface area (Å²) in [5.74, 6) is -0.535. The van der Waals surface area contributed by atoms with E-state index >= 15 is 0 Å². The maximum absolute atomic E-state index is 12.8. The number of nitrogens with zero attached hydrogens (tertiary/aromatic N) is 2. The lowest BCUT2D eigenvalue weighted by atomic mass is 10.2. The second kappa shape index (κ2) is 7.11. The van der Waals surface area contributed by atoms with Gasteiger partial charge in [-0.1, -0.05) is 0 Å². The number of primary sulfonamides is 1. The Morgan fingerprint density at radius 2 is 2.07 bits per heavy atom. The average molecular weight is 429 g/mol. The lowest BCUT2D eigenvalue weighted by molar-refractivity contribution is 0.0918. The number of ether oxygens (including phenoxy) is 1. The summed E-state index contributed by atoms with van der Waals surface area (Å²) in [6, 6.07) is 9.01. The summed E-state index contributed by atoms with van der Waals surface area (Å²) in [6.45, 7) is 2.39. The predicted molar refractivity (Wildman–Crippen MR) is 109 cm³/mol. The van der Waals surface area contributed by atoms with Crippen molar-refractivity contribution in [2.75, 3.05) is 19.0 Å². The molecule has 3 heterocycles. The molecule has 1 atom stereocenters. The molecule has 1 aromatic carbocycles. The number of benzene rings is 1. The molecule has 4 N–H and O–H groups in total. The number of sulfonamides is 1. The second-order valence-electron chi connectivity index (χ2n) is 6.93. The molecular formula is C19H19N5O5S. The third-order valence-electron chi connectivity index (χ3n) is 4.89. The Hall–Kier alpha value is -3.44. The number of hydrogen-bond acceptors (Lipinski definition) is 6. The summed E-state index contributed by atoms with van der Waals surface area (Å²) in [4.78, 5) is 29.1. The molecule has 10 nitrogen and oxygen atoms in total. The van der Waals surface area contributed by atoms with E-state index in [1.807, 2.05) is 6.92 Å². The van der Waals surface area contributed by atoms with E-state index in [1.165, 1.54) is 31.4 Å². The highest BCUT2D eigenvalue weighted by molar-refractivity contribution is 7.89. The van der Waals surface area contributed by atoms with Crippen LogP contribution in [0.4, 0.5) is 5.69 Å². The monoisotopic (exact) mass is 429 g/mol. The van der Waals surface area contributed by atoms with Crippen LogP contribution >= 0.6 is 0 Å². The van der Waals surface area contributed by atoms with Crippen molar-refractivity contribution in [3.05, 3.63) is 47.8 Å². The van der Waals surface area contributed by atoms with Gasteiger partial charge in [0.1, 0.15) is 27.7 Å². The van der Waals surface area contributed by atoms with Crippen molar-refractivity contribution in [2.24, 2.45) is 5.14 Å². The zero-order valence-corrected chi connectivity index (χ0v) is 17.0. The first kappa shape index (κ1) is 19.9. The summed E-state index contributed by atoms with van der Waals surface area (Å²) in [5.41, 5.74) is 1.05. The lowest BCUT2D eigenvalue weighted by Gasteiger charge is -2.23. The minimum absolute atomic E-state index is 0.00938. The molecule has 0 saturated carbocycles. The van der Waals surface area contributed by atoms with Crippen molar-refractivity contribution < 1.29 is 22.7 Å². The molecule has 2 amide bonds. The number of carbonyl (C=O) groups excluding carboxylic acids is 2. The minimum Gasteiger partial charge on any atom is -0.497 e. The van der Waals surface area contributed by atoms with Crippen LogP contribution in [-0.2, 0) is 10.0 Å². The Balaban J connectivity index is 1.73. The van der Waals surface area contributed by atoms with Crippen LogP contribution in [0, 0.1) is 0 Å². The van der Waals surface area contributed by atoms with Gasteiger partial charge in [-0.05, 0) is 37.3 Å². The molecule has 2 aromatic heterocycles. The second-order valence-corrected chi connectivity index (χ2v) is 8.46. The number of hydrogen-bond donors (Lipinski definition) is 3. The highest BCUT2D eigenvalue weighted by Crippen LogP contribution is 2.28. The van der Waals surface area contributed by atoms with E-state index in [2.05, 4.69) is 15.6 Å². The predicted octanol–water partition coefficient (Wildman–Crippen LogP) is 1.25. The van der Waals surface area contributed by atoms with Crippen LogP contribution in [0.1, 0.15) is 33.9 Å². The summed E-state index contributed by atoms with van der Waals surface area (Å²) in [7, 11) is -2.72. The van der Waals surface area contributed by atoms with Crippen molar-refractivity contribution in [3.8, 4) is 5.75 Å². The molecule has 0 radical (unpaired) electrons. The van der Waals surface area contributed by atoms with Crippen LogP contribution in [-0.4, -0.2) is 43.4 Å². The fraction of sp³-hybridized carbons (Fsp3) is 0.211. The van der Waals surface area contributed by atoms with E-state index in [0.29, 0.717) is 17.9 Å². The summed E-state index contributed by atoms with van der Waals surface area (Å²) >= 11 is 0. The van der Waals surface area contributed by atoms with E-state index in [-0.39, 0.29) is 34.0 Å². The van der Waals surface area contributed by atoms with Gasteiger partial charge in [0.25, 0.3) is 11.8 Å². The molecule has 0 bridgehead atoms. The van der Waals surface area contributed by atoms with Crippen LogP contribution in [0.15, 0.2) is 41.3 Å². The first-order chi connectivity index (χ1) is 14.2. The maximum Gasteiger partial charge on any atom is 0.274 e. The first-order valence-electron chi connectivity index (χ1n) is 9.01. The molecule has 156 valence electrons. The fourth-order valence-corrected chi connectivity index (χ4v) is 4.13. The lowest BCUT2D eigenvalue weighted by Crippen LogP contribution is -2.37. The van der Waals surface area contributed by atoms with Gasteiger partial charge in [-0.2, -0.15) is 0 Å². The van der Waals surface area contributed by atoms with Crippen molar-refractivity contribution in [1.29, 1.82) is 0 Å². The molecule has 0 unspecified atom stereocenters. The van der Waals surface area contributed by atoms with Crippen LogP contribution in [0.3, 0.4) is 0 Å². The number of nitrogens with one attached hydrogen (secondary N) is 2. The van der Waals surface area contributed by atoms with Gasteiger partial charge >= 0.3 is 0 Å². The largest absolute Gasteiger partial charge is 0.497 e. The van der Waals surface area contributed by atoms with Crippen molar-refractivity contribution >= 4 is 38.6 Å². The Morgan fingerprint density at radius 3 is 2.77 bits per heavy atom. The van der Waals surface area contributed by atoms with Gasteiger partial charge in [-0.15, -0.1) is 0 Å². The molecule has 11 heteroatoms. The van der Waals surface area contributed by atoms with E-state index in [9.17, 15) is 18.0 Å². The highest BCUT2D eigenvalue weighted by atomic mass is 32.2. The number of aromatic nitrogens is 2. The van der Waals surface area contributed by atoms with E-state index in [4.69, 9.17) is 9.88 Å². The number of amides is 2. The Bertz CT molecular complexity index is 1300. The molecule has 0 aliphatic carbocycles. The van der Waals surface area contributed by atoms with E-state index in [1.54, 1.807) is 16.7 Å². The molecular weight excluding hydrogens is 410 g/mol. The zero-order valence-electron chi connectivity index (χ0n) is 16.2. The number of nitrogens with two attached hydrogens (primary N) is 1. The van der Waals surface area contributed by atoms with E-state index in [0.717, 1.165) is 5.39 Å². The Morgan fingerprint density at radius 1 is 1.30 bits per heavy atom. The number of fused-ring (bicyclic) bond motifs is 3. The fourth-order valence-electron chi connectivity index (χ4n) is 3.42. The normalized spacial score (nSPS) is 16.1. The van der Waals surface area contributed by atoms with Crippen LogP contribution < -0.4 is 20.5 Å². The van der Waals surface area contributed by atoms with E-state index < -0.39 is 15.9 Å². The number of carbonyl (C=O) groups is 2. The van der Waals surface area contributed by atoms with Crippen molar-refractivity contribution in [3.63, 3.8) is 0 Å². The topological polar surface area (TPSA) is 145 Å². The van der Waals surface area contributed by atoms with Gasteiger partial charge in [0.2, 0.25) is 10.0 Å². The zero-order chi connectivity index (χ0) is 21.6. The molecule has 0 fully saturated rings. The number of pyridine rings is 1. The molecule has 3 aromatic rings. The summed E-state index contributed by atoms with van der Waals surface area (Å²) < 4.78 is 30.7. The van der Waals surface area contributed by atoms with Crippen LogP contribution in [0.25, 0.3) is 11.0 Å². The molecule has 1 aliphatic rings. The Labute approximate surface area is 172 Å². The smallest absolute Gasteiger partial charge is 0.274 e. The number of rotatable bonds is 4. The molecule has 0 spiro atoms.